The number of fused-ring (bicyclic) bond motifs is 6. The lowest BCUT2D eigenvalue weighted by atomic mass is 9.86. The lowest BCUT2D eigenvalue weighted by molar-refractivity contribution is 0.329. The summed E-state index contributed by atoms with van der Waals surface area (Å²) in [6.07, 6.45) is 8.92. The molecule has 6 rings (SSSR count). The van der Waals surface area contributed by atoms with E-state index < -0.39 is 0 Å². The van der Waals surface area contributed by atoms with E-state index in [4.69, 9.17) is 9.97 Å². The molecule has 4 aromatic rings. The Hall–Kier alpha value is -3.62. The van der Waals surface area contributed by atoms with Crippen molar-refractivity contribution >= 4 is 5.82 Å². The van der Waals surface area contributed by atoms with Gasteiger partial charge in [-0.15, -0.1) is 10.2 Å². The van der Waals surface area contributed by atoms with E-state index in [0.29, 0.717) is 5.95 Å². The number of benzene rings is 1. The van der Waals surface area contributed by atoms with Gasteiger partial charge in [0.25, 0.3) is 5.95 Å². The van der Waals surface area contributed by atoms with Gasteiger partial charge in [-0.2, -0.15) is 14.8 Å². The van der Waals surface area contributed by atoms with E-state index in [0.717, 1.165) is 60.3 Å². The minimum atomic E-state index is -0.207. The van der Waals surface area contributed by atoms with Gasteiger partial charge in [-0.05, 0) is 26.2 Å². The zero-order valence-electron chi connectivity index (χ0n) is 18.3. The normalized spacial score (nSPS) is 19.8. The molecule has 32 heavy (non-hydrogen) atoms. The summed E-state index contributed by atoms with van der Waals surface area (Å²) in [6, 6.07) is 10.0. The first kappa shape index (κ1) is 19.1. The van der Waals surface area contributed by atoms with Crippen LogP contribution in [0.15, 0.2) is 42.9 Å². The average molecular weight is 428 g/mol. The minimum absolute atomic E-state index is 0.207. The quantitative estimate of drug-likeness (QED) is 0.493. The lowest BCUT2D eigenvalue weighted by Crippen LogP contribution is -2.51. The molecule has 2 aliphatic heterocycles. The fourth-order valence-electron chi connectivity index (χ4n) is 5.22. The number of hydrogen-bond acceptors (Lipinski definition) is 7. The van der Waals surface area contributed by atoms with Crippen LogP contribution in [0.3, 0.4) is 0 Å². The summed E-state index contributed by atoms with van der Waals surface area (Å²) in [5.74, 6) is 4.03. The van der Waals surface area contributed by atoms with Gasteiger partial charge in [0, 0.05) is 12.1 Å². The molecule has 1 atom stereocenters. The van der Waals surface area contributed by atoms with Gasteiger partial charge in [0.1, 0.15) is 23.4 Å². The fraction of sp³-hybridized carbons (Fsp3) is 0.391. The molecular weight excluding hydrogens is 402 g/mol. The second-order valence-electron chi connectivity index (χ2n) is 8.49. The molecule has 5 heterocycles. The molecule has 0 N–H and O–H groups in total. The molecule has 9 nitrogen and oxygen atoms in total. The van der Waals surface area contributed by atoms with Crippen LogP contribution < -0.4 is 4.90 Å². The van der Waals surface area contributed by atoms with Crippen LogP contribution in [0.5, 0.6) is 0 Å². The van der Waals surface area contributed by atoms with E-state index in [9.17, 15) is 0 Å². The number of nitrogens with zero attached hydrogens (tertiary/aromatic N) is 9. The number of aryl methyl sites for hydroxylation is 1. The van der Waals surface area contributed by atoms with Crippen molar-refractivity contribution in [1.29, 1.82) is 0 Å². The second-order valence-corrected chi connectivity index (χ2v) is 8.49. The van der Waals surface area contributed by atoms with Crippen LogP contribution in [0.2, 0.25) is 0 Å². The summed E-state index contributed by atoms with van der Waals surface area (Å²) in [5.41, 5.74) is 1.70. The predicted octanol–water partition coefficient (Wildman–Crippen LogP) is 3.61. The zero-order valence-corrected chi connectivity index (χ0v) is 18.3. The smallest absolute Gasteiger partial charge is 0.254 e. The Morgan fingerprint density at radius 3 is 2.75 bits per heavy atom. The molecule has 0 amide bonds. The highest BCUT2D eigenvalue weighted by Gasteiger charge is 2.47. The molecule has 2 aliphatic rings. The Kier molecular flexibility index (Phi) is 4.31. The van der Waals surface area contributed by atoms with Crippen molar-refractivity contribution < 1.29 is 0 Å². The standard InChI is InChI=1S/C23H25N9/c1-3-23-12-8-5-9-13-30(23)20-18(31-16(2)28-29-21(23)31)14-24-22(27-20)32-19(25-15-26-32)17-10-6-4-7-11-17/h4,6-7,10-11,14-15H,3,5,8-9,12-13H2,1-2H3. The van der Waals surface area contributed by atoms with Gasteiger partial charge in [-0.3, -0.25) is 4.57 Å². The van der Waals surface area contributed by atoms with Gasteiger partial charge in [0.15, 0.2) is 17.5 Å². The average Bonchev–Trinajstić information content (AvgIpc) is 3.41. The summed E-state index contributed by atoms with van der Waals surface area (Å²) in [5, 5.41) is 13.5. The van der Waals surface area contributed by atoms with E-state index in [1.54, 1.807) is 11.0 Å². The third-order valence-electron chi connectivity index (χ3n) is 6.82. The molecule has 0 radical (unpaired) electrons. The predicted molar refractivity (Wildman–Crippen MR) is 120 cm³/mol. The molecule has 0 spiro atoms. The van der Waals surface area contributed by atoms with Gasteiger partial charge in [-0.25, -0.2) is 9.97 Å². The Labute approximate surface area is 186 Å². The summed E-state index contributed by atoms with van der Waals surface area (Å²) in [7, 11) is 0. The van der Waals surface area contributed by atoms with E-state index in [1.165, 1.54) is 12.8 Å². The summed E-state index contributed by atoms with van der Waals surface area (Å²) < 4.78 is 3.86. The summed E-state index contributed by atoms with van der Waals surface area (Å²) in [6.45, 7) is 5.17. The SMILES string of the molecule is CCC12CCCCCN1c1nc(-n3ncnc3-c3ccccc3)ncc1-n1c(C)nnc12. The van der Waals surface area contributed by atoms with Gasteiger partial charge < -0.3 is 4.90 Å². The van der Waals surface area contributed by atoms with E-state index in [-0.39, 0.29) is 5.54 Å². The molecule has 162 valence electrons. The van der Waals surface area contributed by atoms with Gasteiger partial charge in [0.2, 0.25) is 0 Å². The number of hydrogen-bond donors (Lipinski definition) is 0. The minimum Gasteiger partial charge on any atom is -0.342 e. The molecule has 3 aromatic heterocycles. The monoisotopic (exact) mass is 427 g/mol. The Balaban J connectivity index is 1.56. The molecule has 0 aliphatic carbocycles. The highest BCUT2D eigenvalue weighted by Crippen LogP contribution is 2.47. The third kappa shape index (κ3) is 2.63. The first-order valence-corrected chi connectivity index (χ1v) is 11.3. The summed E-state index contributed by atoms with van der Waals surface area (Å²) >= 11 is 0. The maximum absolute atomic E-state index is 5.08. The summed E-state index contributed by atoms with van der Waals surface area (Å²) in [4.78, 5) is 16.7. The van der Waals surface area contributed by atoms with Crippen molar-refractivity contribution in [3.05, 3.63) is 54.5 Å². The largest absolute Gasteiger partial charge is 0.342 e. The van der Waals surface area contributed by atoms with Crippen molar-refractivity contribution in [2.75, 3.05) is 11.4 Å². The third-order valence-corrected chi connectivity index (χ3v) is 6.82. The molecule has 1 saturated heterocycles. The maximum Gasteiger partial charge on any atom is 0.254 e. The molecule has 0 bridgehead atoms. The van der Waals surface area contributed by atoms with Gasteiger partial charge in [-0.1, -0.05) is 50.1 Å². The van der Waals surface area contributed by atoms with Gasteiger partial charge in [0.05, 0.1) is 6.20 Å². The van der Waals surface area contributed by atoms with Crippen LogP contribution in [0, 0.1) is 6.92 Å². The fourth-order valence-corrected chi connectivity index (χ4v) is 5.22. The number of aromatic nitrogens is 8. The van der Waals surface area contributed by atoms with Crippen LogP contribution in [0.25, 0.3) is 23.0 Å². The van der Waals surface area contributed by atoms with Crippen LogP contribution >= 0.6 is 0 Å². The Morgan fingerprint density at radius 2 is 1.91 bits per heavy atom. The van der Waals surface area contributed by atoms with Crippen molar-refractivity contribution in [1.82, 2.24) is 39.5 Å². The van der Waals surface area contributed by atoms with E-state index in [1.807, 2.05) is 43.5 Å². The van der Waals surface area contributed by atoms with Crippen LogP contribution in [-0.2, 0) is 5.54 Å². The van der Waals surface area contributed by atoms with Crippen molar-refractivity contribution in [2.24, 2.45) is 0 Å². The molecule has 1 fully saturated rings. The van der Waals surface area contributed by atoms with E-state index in [2.05, 4.69) is 36.7 Å². The van der Waals surface area contributed by atoms with Crippen molar-refractivity contribution in [2.45, 2.75) is 51.5 Å². The molecule has 1 unspecified atom stereocenters. The molecule has 1 aromatic carbocycles. The highest BCUT2D eigenvalue weighted by molar-refractivity contribution is 5.65. The number of rotatable bonds is 3. The molecule has 9 heteroatoms. The zero-order chi connectivity index (χ0) is 21.7. The topological polar surface area (TPSA) is 90.4 Å². The van der Waals surface area contributed by atoms with E-state index >= 15 is 0 Å². The van der Waals surface area contributed by atoms with Crippen LogP contribution in [-0.4, -0.2) is 46.0 Å². The first-order chi connectivity index (χ1) is 15.7. The second kappa shape index (κ2) is 7.22. The van der Waals surface area contributed by atoms with Crippen LogP contribution in [0.4, 0.5) is 5.82 Å². The maximum atomic E-state index is 5.08. The Bertz CT molecular complexity index is 1280. The Morgan fingerprint density at radius 1 is 1.03 bits per heavy atom. The van der Waals surface area contributed by atoms with Gasteiger partial charge >= 0.3 is 0 Å². The highest BCUT2D eigenvalue weighted by atomic mass is 15.4. The van der Waals surface area contributed by atoms with Crippen molar-refractivity contribution in [3.8, 4) is 23.0 Å². The molecular formula is C23H25N9. The first-order valence-electron chi connectivity index (χ1n) is 11.3. The van der Waals surface area contributed by atoms with Crippen LogP contribution in [0.1, 0.15) is 50.7 Å². The molecule has 0 saturated carbocycles. The lowest BCUT2D eigenvalue weighted by Gasteiger charge is -2.46. The number of anilines is 1. The van der Waals surface area contributed by atoms with Crippen molar-refractivity contribution in [3.63, 3.8) is 0 Å².